The second-order valence-corrected chi connectivity index (χ2v) is 3.72. The Morgan fingerprint density at radius 2 is 2.13 bits per heavy atom. The zero-order chi connectivity index (χ0) is 9.80. The Bertz CT molecular complexity index is 303. The first-order chi connectivity index (χ1) is 6.86. The molecule has 5 heteroatoms. The average molecular weight is 249 g/mol. The van der Waals surface area contributed by atoms with Gasteiger partial charge in [-0.3, -0.25) is 0 Å². The van der Waals surface area contributed by atoms with Crippen LogP contribution in [0.5, 0.6) is 5.75 Å². The molecule has 1 aliphatic rings. The van der Waals surface area contributed by atoms with Crippen LogP contribution in [0.25, 0.3) is 0 Å². The number of halogens is 2. The number of piperidine rings is 1. The van der Waals surface area contributed by atoms with E-state index in [0.29, 0.717) is 10.9 Å². The van der Waals surface area contributed by atoms with Crippen LogP contribution in [0.4, 0.5) is 0 Å². The van der Waals surface area contributed by atoms with Crippen LogP contribution in [0, 0.1) is 0 Å². The molecule has 15 heavy (non-hydrogen) atoms. The van der Waals surface area contributed by atoms with Gasteiger partial charge in [-0.1, -0.05) is 11.6 Å². The summed E-state index contributed by atoms with van der Waals surface area (Å²) in [6, 6.07) is 3.69. The fourth-order valence-corrected chi connectivity index (χ4v) is 1.72. The lowest BCUT2D eigenvalue weighted by Gasteiger charge is -2.23. The van der Waals surface area contributed by atoms with Gasteiger partial charge in [0, 0.05) is 6.20 Å². The minimum Gasteiger partial charge on any atom is -0.487 e. The lowest BCUT2D eigenvalue weighted by molar-refractivity contribution is 0.162. The summed E-state index contributed by atoms with van der Waals surface area (Å²) in [4.78, 5) is 3.97. The van der Waals surface area contributed by atoms with Crippen LogP contribution < -0.4 is 10.1 Å². The Kier molecular flexibility index (Phi) is 5.15. The zero-order valence-corrected chi connectivity index (χ0v) is 9.85. The molecule has 0 aliphatic carbocycles. The monoisotopic (exact) mass is 248 g/mol. The summed E-state index contributed by atoms with van der Waals surface area (Å²) in [6.45, 7) is 2.03. The molecule has 1 saturated heterocycles. The minimum absolute atomic E-state index is 0. The first-order valence-corrected chi connectivity index (χ1v) is 5.22. The molecule has 1 aromatic heterocycles. The summed E-state index contributed by atoms with van der Waals surface area (Å²) >= 11 is 5.89. The van der Waals surface area contributed by atoms with E-state index < -0.39 is 0 Å². The van der Waals surface area contributed by atoms with E-state index in [1.165, 1.54) is 0 Å². The Hall–Kier alpha value is -0.510. The number of pyridine rings is 1. The largest absolute Gasteiger partial charge is 0.487 e. The van der Waals surface area contributed by atoms with Gasteiger partial charge in [0.05, 0.1) is 0 Å². The van der Waals surface area contributed by atoms with E-state index in [0.717, 1.165) is 25.9 Å². The zero-order valence-electron chi connectivity index (χ0n) is 8.28. The maximum Gasteiger partial charge on any atom is 0.171 e. The highest BCUT2D eigenvalue weighted by Gasteiger charge is 2.15. The lowest BCUT2D eigenvalue weighted by atomic mass is 10.1. The Morgan fingerprint density at radius 1 is 1.40 bits per heavy atom. The van der Waals surface area contributed by atoms with Gasteiger partial charge in [0.15, 0.2) is 10.9 Å². The standard InChI is InChI=1S/C10H13ClN2O.ClH/c11-10-9(2-1-5-13-10)14-8-3-6-12-7-4-8;/h1-2,5,8,12H,3-4,6-7H2;1H. The van der Waals surface area contributed by atoms with Crippen LogP contribution >= 0.6 is 24.0 Å². The fraction of sp³-hybridized carbons (Fsp3) is 0.500. The van der Waals surface area contributed by atoms with E-state index >= 15 is 0 Å². The molecular formula is C10H14Cl2N2O. The molecule has 1 N–H and O–H groups in total. The third kappa shape index (κ3) is 3.52. The molecule has 2 rings (SSSR count). The van der Waals surface area contributed by atoms with Gasteiger partial charge in [-0.05, 0) is 38.1 Å². The van der Waals surface area contributed by atoms with E-state index in [2.05, 4.69) is 10.3 Å². The highest BCUT2D eigenvalue weighted by Crippen LogP contribution is 2.23. The maximum atomic E-state index is 5.89. The molecule has 1 fully saturated rings. The third-order valence-electron chi connectivity index (χ3n) is 2.30. The van der Waals surface area contributed by atoms with Gasteiger partial charge >= 0.3 is 0 Å². The van der Waals surface area contributed by atoms with Crippen molar-refractivity contribution in [2.75, 3.05) is 13.1 Å². The highest BCUT2D eigenvalue weighted by molar-refractivity contribution is 6.30. The van der Waals surface area contributed by atoms with Crippen LogP contribution in [-0.4, -0.2) is 24.2 Å². The normalized spacial score (nSPS) is 16.9. The van der Waals surface area contributed by atoms with E-state index in [-0.39, 0.29) is 18.5 Å². The number of ether oxygens (including phenoxy) is 1. The predicted octanol–water partition coefficient (Wildman–Crippen LogP) is 2.29. The second-order valence-electron chi connectivity index (χ2n) is 3.36. The second kappa shape index (κ2) is 6.16. The Balaban J connectivity index is 0.00000112. The predicted molar refractivity (Wildman–Crippen MR) is 63.0 cm³/mol. The summed E-state index contributed by atoms with van der Waals surface area (Å²) in [5.41, 5.74) is 0. The molecule has 0 saturated carbocycles. The number of hydrogen-bond donors (Lipinski definition) is 1. The third-order valence-corrected chi connectivity index (χ3v) is 2.59. The molecule has 0 amide bonds. The quantitative estimate of drug-likeness (QED) is 0.816. The number of aromatic nitrogens is 1. The van der Waals surface area contributed by atoms with Crippen molar-refractivity contribution in [1.82, 2.24) is 10.3 Å². The van der Waals surface area contributed by atoms with Crippen molar-refractivity contribution in [3.05, 3.63) is 23.5 Å². The molecule has 0 unspecified atom stereocenters. The van der Waals surface area contributed by atoms with Gasteiger partial charge in [-0.15, -0.1) is 12.4 Å². The van der Waals surface area contributed by atoms with Crippen molar-refractivity contribution < 1.29 is 4.74 Å². The number of nitrogens with one attached hydrogen (secondary N) is 1. The first kappa shape index (κ1) is 12.6. The van der Waals surface area contributed by atoms with Crippen molar-refractivity contribution in [3.8, 4) is 5.75 Å². The molecule has 0 radical (unpaired) electrons. The molecule has 0 bridgehead atoms. The van der Waals surface area contributed by atoms with Crippen molar-refractivity contribution in [3.63, 3.8) is 0 Å². The van der Waals surface area contributed by atoms with Crippen LogP contribution in [-0.2, 0) is 0 Å². The summed E-state index contributed by atoms with van der Waals surface area (Å²) in [7, 11) is 0. The molecule has 3 nitrogen and oxygen atoms in total. The summed E-state index contributed by atoms with van der Waals surface area (Å²) in [6.07, 6.45) is 4.01. The SMILES string of the molecule is Cl.Clc1ncccc1OC1CCNCC1. The van der Waals surface area contributed by atoms with Crippen molar-refractivity contribution in [2.24, 2.45) is 0 Å². The van der Waals surface area contributed by atoms with E-state index in [9.17, 15) is 0 Å². The van der Waals surface area contributed by atoms with E-state index in [1.807, 2.05) is 12.1 Å². The molecule has 2 heterocycles. The molecule has 0 spiro atoms. The van der Waals surface area contributed by atoms with Gasteiger partial charge in [0.25, 0.3) is 0 Å². The van der Waals surface area contributed by atoms with Crippen molar-refractivity contribution >= 4 is 24.0 Å². The minimum atomic E-state index is 0. The van der Waals surface area contributed by atoms with Crippen LogP contribution in [0.1, 0.15) is 12.8 Å². The van der Waals surface area contributed by atoms with Crippen LogP contribution in [0.2, 0.25) is 5.15 Å². The van der Waals surface area contributed by atoms with Crippen LogP contribution in [0.3, 0.4) is 0 Å². The van der Waals surface area contributed by atoms with Crippen LogP contribution in [0.15, 0.2) is 18.3 Å². The Morgan fingerprint density at radius 3 is 2.80 bits per heavy atom. The molecular weight excluding hydrogens is 235 g/mol. The summed E-state index contributed by atoms with van der Waals surface area (Å²) in [5, 5.41) is 3.74. The van der Waals surface area contributed by atoms with Gasteiger partial charge in [-0.25, -0.2) is 4.98 Å². The smallest absolute Gasteiger partial charge is 0.171 e. The van der Waals surface area contributed by atoms with Crippen molar-refractivity contribution in [2.45, 2.75) is 18.9 Å². The first-order valence-electron chi connectivity index (χ1n) is 4.84. The molecule has 84 valence electrons. The van der Waals surface area contributed by atoms with Gasteiger partial charge < -0.3 is 10.1 Å². The number of nitrogens with zero attached hydrogens (tertiary/aromatic N) is 1. The Labute approximate surface area is 101 Å². The number of hydrogen-bond acceptors (Lipinski definition) is 3. The van der Waals surface area contributed by atoms with E-state index in [4.69, 9.17) is 16.3 Å². The molecule has 0 atom stereocenters. The van der Waals surface area contributed by atoms with Gasteiger partial charge in [-0.2, -0.15) is 0 Å². The molecule has 1 aliphatic heterocycles. The fourth-order valence-electron chi connectivity index (χ4n) is 1.55. The lowest BCUT2D eigenvalue weighted by Crippen LogP contribution is -2.34. The topological polar surface area (TPSA) is 34.1 Å². The summed E-state index contributed by atoms with van der Waals surface area (Å²) in [5.74, 6) is 0.695. The van der Waals surface area contributed by atoms with Crippen molar-refractivity contribution in [1.29, 1.82) is 0 Å². The maximum absolute atomic E-state index is 5.89. The highest BCUT2D eigenvalue weighted by atomic mass is 35.5. The van der Waals surface area contributed by atoms with Gasteiger partial charge in [0.2, 0.25) is 0 Å². The summed E-state index contributed by atoms with van der Waals surface area (Å²) < 4.78 is 5.75. The molecule has 1 aromatic rings. The average Bonchev–Trinajstić information content (AvgIpc) is 2.23. The number of rotatable bonds is 2. The van der Waals surface area contributed by atoms with E-state index in [1.54, 1.807) is 6.20 Å². The molecule has 0 aromatic carbocycles. The van der Waals surface area contributed by atoms with Gasteiger partial charge in [0.1, 0.15) is 6.10 Å².